The van der Waals surface area contributed by atoms with E-state index in [0.717, 1.165) is 24.4 Å². The highest BCUT2D eigenvalue weighted by molar-refractivity contribution is 6.02. The Bertz CT molecular complexity index is 1470. The highest BCUT2D eigenvalue weighted by atomic mass is 19.4. The predicted molar refractivity (Wildman–Crippen MR) is 123 cm³/mol. The lowest BCUT2D eigenvalue weighted by Crippen LogP contribution is -2.37. The van der Waals surface area contributed by atoms with Crippen LogP contribution in [0.25, 0.3) is 5.65 Å². The molecule has 2 atom stereocenters. The Kier molecular flexibility index (Phi) is 7.07. The minimum Gasteiger partial charge on any atom is -0.356 e. The van der Waals surface area contributed by atoms with E-state index in [9.17, 15) is 35.9 Å². The Morgan fingerprint density at radius 2 is 1.92 bits per heavy atom. The topological polar surface area (TPSA) is 88.9 Å². The van der Waals surface area contributed by atoms with E-state index >= 15 is 0 Å². The Morgan fingerprint density at radius 1 is 1.18 bits per heavy atom. The number of aromatic amines is 1. The SMILES string of the molecule is O=C(c1c[nH]c(C(=O)N(Cc2cn3ccc(C(F)(F)F)cc3n2)CC2OCCO2)c1)[C@H]1C(F)=CC(F)=CC1F. The van der Waals surface area contributed by atoms with Crippen LogP contribution in [0.5, 0.6) is 0 Å². The van der Waals surface area contributed by atoms with Gasteiger partial charge in [0.15, 0.2) is 12.1 Å². The number of carbonyl (C=O) groups is 2. The Balaban J connectivity index is 1.38. The van der Waals surface area contributed by atoms with E-state index in [1.54, 1.807) is 0 Å². The highest BCUT2D eigenvalue weighted by Crippen LogP contribution is 2.32. The van der Waals surface area contributed by atoms with Gasteiger partial charge >= 0.3 is 6.18 Å². The summed E-state index contributed by atoms with van der Waals surface area (Å²) in [4.78, 5) is 34.2. The van der Waals surface area contributed by atoms with Crippen molar-refractivity contribution in [2.45, 2.75) is 25.2 Å². The van der Waals surface area contributed by atoms with Gasteiger partial charge in [0, 0.05) is 30.2 Å². The van der Waals surface area contributed by atoms with Crippen molar-refractivity contribution in [2.24, 2.45) is 5.92 Å². The van der Waals surface area contributed by atoms with E-state index in [2.05, 4.69) is 9.97 Å². The minimum absolute atomic E-state index is 0.0159. The number of ether oxygens (including phenoxy) is 2. The molecule has 1 fully saturated rings. The average Bonchev–Trinajstić information content (AvgIpc) is 3.62. The summed E-state index contributed by atoms with van der Waals surface area (Å²) < 4.78 is 93.1. The molecule has 3 aromatic rings. The number of pyridine rings is 1. The first-order valence-electron chi connectivity index (χ1n) is 11.7. The fourth-order valence-electron chi connectivity index (χ4n) is 4.34. The number of carbonyl (C=O) groups excluding carboxylic acids is 2. The van der Waals surface area contributed by atoms with Crippen LogP contribution in [0, 0.1) is 5.92 Å². The number of nitrogens with one attached hydrogen (secondary N) is 1. The van der Waals surface area contributed by atoms with Crippen molar-refractivity contribution in [3.05, 3.63) is 83.1 Å². The molecule has 0 spiro atoms. The summed E-state index contributed by atoms with van der Waals surface area (Å²) in [7, 11) is 0. The van der Waals surface area contributed by atoms with Crippen LogP contribution in [0.2, 0.25) is 0 Å². The molecule has 1 unspecified atom stereocenters. The third-order valence-electron chi connectivity index (χ3n) is 6.23. The van der Waals surface area contributed by atoms with Gasteiger partial charge < -0.3 is 23.8 Å². The number of rotatable bonds is 7. The maximum atomic E-state index is 14.2. The minimum atomic E-state index is -4.56. The number of H-pyrrole nitrogens is 1. The van der Waals surface area contributed by atoms with Crippen LogP contribution < -0.4 is 0 Å². The lowest BCUT2D eigenvalue weighted by Gasteiger charge is -2.23. The standard InChI is InChI=1S/C25H20F6N4O4/c26-15-7-17(27)22(18(28)8-15)23(36)13-5-19(32-9-13)24(37)35(12-21-38-3-4-39-21)11-16-10-34-2-1-14(25(29,30)31)6-20(34)33-16/h1-2,5-10,17,21-22,32H,3-4,11-12H2/t17?,22-/m1/s1. The van der Waals surface area contributed by atoms with E-state index in [1.165, 1.54) is 21.7 Å². The van der Waals surface area contributed by atoms with Gasteiger partial charge in [0.2, 0.25) is 0 Å². The number of imidazole rings is 1. The normalized spacial score (nSPS) is 20.3. The number of ketones is 1. The number of hydrogen-bond acceptors (Lipinski definition) is 5. The van der Waals surface area contributed by atoms with Crippen LogP contribution in [0.4, 0.5) is 26.3 Å². The van der Waals surface area contributed by atoms with Gasteiger partial charge in [0.05, 0.1) is 37.6 Å². The number of halogens is 6. The summed E-state index contributed by atoms with van der Waals surface area (Å²) in [6.45, 7) is 0.341. The van der Waals surface area contributed by atoms with Crippen molar-refractivity contribution in [1.82, 2.24) is 19.3 Å². The third-order valence-corrected chi connectivity index (χ3v) is 6.23. The zero-order valence-electron chi connectivity index (χ0n) is 19.9. The molecule has 0 radical (unpaired) electrons. The van der Waals surface area contributed by atoms with E-state index in [1.807, 2.05) is 0 Å². The molecule has 1 aliphatic carbocycles. The smallest absolute Gasteiger partial charge is 0.356 e. The van der Waals surface area contributed by atoms with Crippen molar-refractivity contribution < 1.29 is 45.4 Å². The molecule has 4 heterocycles. The number of fused-ring (bicyclic) bond motifs is 1. The molecule has 2 aliphatic rings. The molecule has 206 valence electrons. The molecule has 14 heteroatoms. The van der Waals surface area contributed by atoms with Crippen molar-refractivity contribution in [1.29, 1.82) is 0 Å². The lowest BCUT2D eigenvalue weighted by molar-refractivity contribution is -0.137. The number of allylic oxidation sites excluding steroid dienone is 4. The van der Waals surface area contributed by atoms with Gasteiger partial charge in [-0.15, -0.1) is 0 Å². The molecule has 1 amide bonds. The van der Waals surface area contributed by atoms with Crippen molar-refractivity contribution in [3.8, 4) is 0 Å². The van der Waals surface area contributed by atoms with Gasteiger partial charge in [-0.3, -0.25) is 9.59 Å². The maximum absolute atomic E-state index is 14.2. The van der Waals surface area contributed by atoms with Crippen molar-refractivity contribution in [2.75, 3.05) is 19.8 Å². The summed E-state index contributed by atoms with van der Waals surface area (Å²) in [6.07, 6.45) is -2.89. The largest absolute Gasteiger partial charge is 0.416 e. The lowest BCUT2D eigenvalue weighted by atomic mass is 9.90. The fourth-order valence-corrected chi connectivity index (χ4v) is 4.34. The molecule has 0 saturated carbocycles. The molecule has 1 N–H and O–H groups in total. The molecule has 5 rings (SSSR count). The second-order valence-electron chi connectivity index (χ2n) is 8.94. The summed E-state index contributed by atoms with van der Waals surface area (Å²) in [5.41, 5.74) is -0.925. The maximum Gasteiger partial charge on any atom is 0.416 e. The Morgan fingerprint density at radius 3 is 2.62 bits per heavy atom. The monoisotopic (exact) mass is 554 g/mol. The second kappa shape index (κ2) is 10.3. The number of amides is 1. The summed E-state index contributed by atoms with van der Waals surface area (Å²) in [5, 5.41) is 0. The average molecular weight is 554 g/mol. The van der Waals surface area contributed by atoms with Gasteiger partial charge in [0.1, 0.15) is 35.1 Å². The number of Topliss-reactive ketones (excluding diaryl/α,β-unsaturated/α-hetero) is 1. The Labute approximate surface area is 216 Å². The van der Waals surface area contributed by atoms with Gasteiger partial charge in [-0.25, -0.2) is 18.2 Å². The second-order valence-corrected chi connectivity index (χ2v) is 8.94. The number of nitrogens with zero attached hydrogens (tertiary/aromatic N) is 3. The number of alkyl halides is 4. The first kappa shape index (κ1) is 26.7. The van der Waals surface area contributed by atoms with Crippen LogP contribution >= 0.6 is 0 Å². The third kappa shape index (κ3) is 5.61. The molecule has 3 aromatic heterocycles. The number of hydrogen-bond donors (Lipinski definition) is 1. The van der Waals surface area contributed by atoms with E-state index in [4.69, 9.17) is 9.47 Å². The zero-order valence-corrected chi connectivity index (χ0v) is 19.9. The Hall–Kier alpha value is -3.91. The molecule has 8 nitrogen and oxygen atoms in total. The van der Waals surface area contributed by atoms with Crippen LogP contribution in [0.3, 0.4) is 0 Å². The fraction of sp³-hybridized carbons (Fsp3) is 0.320. The van der Waals surface area contributed by atoms with E-state index in [-0.39, 0.29) is 35.7 Å². The quantitative estimate of drug-likeness (QED) is 0.342. The molecule has 0 bridgehead atoms. The molecule has 1 aliphatic heterocycles. The molecular weight excluding hydrogens is 534 g/mol. The molecule has 39 heavy (non-hydrogen) atoms. The van der Waals surface area contributed by atoms with E-state index < -0.39 is 53.5 Å². The van der Waals surface area contributed by atoms with Gasteiger partial charge in [-0.05, 0) is 24.3 Å². The first-order chi connectivity index (χ1) is 18.5. The van der Waals surface area contributed by atoms with Crippen molar-refractivity contribution >= 4 is 17.3 Å². The number of aromatic nitrogens is 3. The highest BCUT2D eigenvalue weighted by Gasteiger charge is 2.36. The van der Waals surface area contributed by atoms with Crippen LogP contribution in [-0.2, 0) is 22.2 Å². The van der Waals surface area contributed by atoms with Gasteiger partial charge in [0.25, 0.3) is 5.91 Å². The molecular formula is C25H20F6N4O4. The predicted octanol–water partition coefficient (Wildman–Crippen LogP) is 4.55. The van der Waals surface area contributed by atoms with Gasteiger partial charge in [-0.2, -0.15) is 13.2 Å². The van der Waals surface area contributed by atoms with Crippen LogP contribution in [-0.4, -0.2) is 63.2 Å². The zero-order chi connectivity index (χ0) is 27.9. The van der Waals surface area contributed by atoms with E-state index in [0.29, 0.717) is 25.4 Å². The molecule has 1 saturated heterocycles. The summed E-state index contributed by atoms with van der Waals surface area (Å²) >= 11 is 0. The van der Waals surface area contributed by atoms with Crippen LogP contribution in [0.15, 0.2) is 60.6 Å². The van der Waals surface area contributed by atoms with Crippen molar-refractivity contribution in [3.63, 3.8) is 0 Å². The summed E-state index contributed by atoms with van der Waals surface area (Å²) in [6, 6.07) is 2.89. The molecule has 0 aromatic carbocycles. The summed E-state index contributed by atoms with van der Waals surface area (Å²) in [5.74, 6) is -5.96. The van der Waals surface area contributed by atoms with Gasteiger partial charge in [-0.1, -0.05) is 0 Å². The first-order valence-corrected chi connectivity index (χ1v) is 11.7. The van der Waals surface area contributed by atoms with Crippen LogP contribution in [0.1, 0.15) is 32.1 Å².